The molecule has 1 aromatic rings. The van der Waals surface area contributed by atoms with E-state index in [9.17, 15) is 14.7 Å². The van der Waals surface area contributed by atoms with Crippen LogP contribution in [-0.4, -0.2) is 49.6 Å². The molecule has 0 aromatic heterocycles. The Morgan fingerprint density at radius 1 is 1.11 bits per heavy atom. The van der Waals surface area contributed by atoms with E-state index < -0.39 is 18.3 Å². The van der Waals surface area contributed by atoms with Crippen molar-refractivity contribution < 1.29 is 28.9 Å². The molecule has 3 unspecified atom stereocenters. The van der Waals surface area contributed by atoms with Gasteiger partial charge in [-0.15, -0.1) is 0 Å². The number of phenols is 1. The van der Waals surface area contributed by atoms with Gasteiger partial charge in [-0.25, -0.2) is 4.79 Å². The molecule has 0 saturated carbocycles. The lowest BCUT2D eigenvalue weighted by Crippen LogP contribution is -2.35. The van der Waals surface area contributed by atoms with Crippen LogP contribution in [0.1, 0.15) is 58.4 Å². The number of hydrogen-bond donors (Lipinski definition) is 3. The lowest BCUT2D eigenvalue weighted by molar-refractivity contribution is -0.112. The number of ether oxygens (including phenoxy) is 3. The van der Waals surface area contributed by atoms with Crippen molar-refractivity contribution in [1.82, 2.24) is 0 Å². The number of methoxy groups -OCH3 is 2. The molecule has 1 aliphatic rings. The van der Waals surface area contributed by atoms with Crippen LogP contribution in [0.3, 0.4) is 0 Å². The minimum Gasteiger partial charge on any atom is -0.508 e. The van der Waals surface area contributed by atoms with E-state index in [-0.39, 0.29) is 23.7 Å². The number of rotatable bonds is 3. The number of nitrogens with one attached hydrogen (secondary N) is 1. The molecule has 2 bridgehead atoms. The van der Waals surface area contributed by atoms with Gasteiger partial charge in [0.05, 0.1) is 12.2 Å². The third kappa shape index (κ3) is 9.03. The van der Waals surface area contributed by atoms with Gasteiger partial charge in [0.15, 0.2) is 6.10 Å². The number of aromatic hydroxyl groups is 1. The number of benzene rings is 1. The molecule has 0 saturated heterocycles. The normalized spacial score (nSPS) is 28.2. The van der Waals surface area contributed by atoms with Gasteiger partial charge in [0.1, 0.15) is 5.75 Å². The molecule has 1 aromatic carbocycles. The minimum atomic E-state index is -0.858. The summed E-state index contributed by atoms with van der Waals surface area (Å²) in [6.45, 7) is 5.76. The van der Waals surface area contributed by atoms with E-state index in [1.54, 1.807) is 33.3 Å². The lowest BCUT2D eigenvalue weighted by Gasteiger charge is -2.26. The monoisotopic (exact) mass is 488 g/mol. The van der Waals surface area contributed by atoms with E-state index in [0.717, 1.165) is 30.4 Å². The van der Waals surface area contributed by atoms with Crippen LogP contribution in [0.2, 0.25) is 0 Å². The molecule has 8 nitrogen and oxygen atoms in total. The first kappa shape index (κ1) is 28.4. The highest BCUT2D eigenvalue weighted by atomic mass is 16.6. The number of allylic oxidation sites excluding steroid dienone is 2. The van der Waals surface area contributed by atoms with Crippen molar-refractivity contribution in [2.24, 2.45) is 11.7 Å². The Balaban J connectivity index is 2.35. The van der Waals surface area contributed by atoms with Crippen LogP contribution in [0, 0.1) is 5.92 Å². The van der Waals surface area contributed by atoms with Gasteiger partial charge in [-0.1, -0.05) is 19.1 Å². The fourth-order valence-electron chi connectivity index (χ4n) is 4.45. The first-order chi connectivity index (χ1) is 16.6. The van der Waals surface area contributed by atoms with Gasteiger partial charge in [-0.05, 0) is 87.6 Å². The van der Waals surface area contributed by atoms with Gasteiger partial charge in [-0.3, -0.25) is 4.79 Å². The zero-order chi connectivity index (χ0) is 26.0. The van der Waals surface area contributed by atoms with Gasteiger partial charge in [-0.2, -0.15) is 0 Å². The second kappa shape index (κ2) is 13.9. The Labute approximate surface area is 208 Å². The third-order valence-corrected chi connectivity index (χ3v) is 6.45. The quantitative estimate of drug-likeness (QED) is 0.413. The van der Waals surface area contributed by atoms with Crippen molar-refractivity contribution >= 4 is 17.7 Å². The Morgan fingerprint density at radius 2 is 1.83 bits per heavy atom. The molecule has 8 heteroatoms. The van der Waals surface area contributed by atoms with E-state index in [1.807, 2.05) is 25.1 Å². The fourth-order valence-corrected chi connectivity index (χ4v) is 4.45. The number of primary amides is 1. The predicted molar refractivity (Wildman–Crippen MR) is 136 cm³/mol. The van der Waals surface area contributed by atoms with E-state index in [4.69, 9.17) is 19.9 Å². The van der Waals surface area contributed by atoms with Gasteiger partial charge in [0.2, 0.25) is 0 Å². The zero-order valence-corrected chi connectivity index (χ0v) is 21.5. The summed E-state index contributed by atoms with van der Waals surface area (Å²) >= 11 is 0. The molecule has 1 aliphatic heterocycles. The lowest BCUT2D eigenvalue weighted by atomic mass is 9.92. The molecule has 1 heterocycles. The molecule has 0 spiro atoms. The third-order valence-electron chi connectivity index (χ3n) is 6.45. The SMILES string of the molecule is COC1CC/C=C(\C)C(OC(N)=O)C(OC)CC/C=C(\C)C(=O)Nc2ccc(O)c(c2)C[C@@H](C)C1. The molecular formula is C27H40N2O6. The summed E-state index contributed by atoms with van der Waals surface area (Å²) in [4.78, 5) is 24.3. The molecule has 194 valence electrons. The summed E-state index contributed by atoms with van der Waals surface area (Å²) in [7, 11) is 3.27. The molecule has 0 aliphatic carbocycles. The summed E-state index contributed by atoms with van der Waals surface area (Å²) in [5, 5.41) is 13.3. The fraction of sp³-hybridized carbons (Fsp3) is 0.556. The second-order valence-corrected chi connectivity index (χ2v) is 9.32. The number of nitrogens with two attached hydrogens (primary N) is 1. The van der Waals surface area contributed by atoms with Crippen molar-refractivity contribution in [3.8, 4) is 5.75 Å². The summed E-state index contributed by atoms with van der Waals surface area (Å²) in [5.41, 5.74) is 8.17. The highest BCUT2D eigenvalue weighted by Crippen LogP contribution is 2.27. The summed E-state index contributed by atoms with van der Waals surface area (Å²) in [6.07, 6.45) is 6.10. The van der Waals surface area contributed by atoms with E-state index >= 15 is 0 Å². The standard InChI is InChI=1S/C27H40N2O6/c1-17-14-20-16-21(12-13-23(20)30)29-26(31)19(3)9-7-11-24(34-5)25(35-27(28)32)18(2)8-6-10-22(15-17)33-4/h8-9,12-13,16-17,22,24-25,30H,6-7,10-11,14-15H2,1-5H3,(H2,28,32)(H,29,31)/b18-8+,19-9+/t17-,22?,24?,25?/m1/s1. The minimum absolute atomic E-state index is 0.0294. The van der Waals surface area contributed by atoms with Crippen LogP contribution < -0.4 is 11.1 Å². The van der Waals surface area contributed by atoms with Crippen molar-refractivity contribution in [2.45, 2.75) is 77.6 Å². The van der Waals surface area contributed by atoms with Crippen molar-refractivity contribution in [3.05, 3.63) is 47.1 Å². The van der Waals surface area contributed by atoms with E-state index in [1.165, 1.54) is 0 Å². The molecule has 0 radical (unpaired) electrons. The number of fused-ring (bicyclic) bond motifs is 2. The topological polar surface area (TPSA) is 120 Å². The number of carbonyl (C=O) groups excluding carboxylic acids is 2. The number of hydrogen-bond acceptors (Lipinski definition) is 6. The first-order valence-corrected chi connectivity index (χ1v) is 12.1. The summed E-state index contributed by atoms with van der Waals surface area (Å²) in [6, 6.07) is 5.13. The molecule has 4 N–H and O–H groups in total. The van der Waals surface area contributed by atoms with E-state index in [0.29, 0.717) is 30.5 Å². The Morgan fingerprint density at radius 3 is 2.49 bits per heavy atom. The highest BCUT2D eigenvalue weighted by molar-refractivity contribution is 6.03. The number of amides is 2. The largest absolute Gasteiger partial charge is 0.508 e. The molecule has 0 fully saturated rings. The maximum absolute atomic E-state index is 12.7. The van der Waals surface area contributed by atoms with Crippen molar-refractivity contribution in [3.63, 3.8) is 0 Å². The molecular weight excluding hydrogens is 448 g/mol. The van der Waals surface area contributed by atoms with Gasteiger partial charge < -0.3 is 30.4 Å². The van der Waals surface area contributed by atoms with Crippen LogP contribution in [0.15, 0.2) is 41.5 Å². The first-order valence-electron chi connectivity index (χ1n) is 12.1. The average molecular weight is 489 g/mol. The Hall–Kier alpha value is -2.84. The van der Waals surface area contributed by atoms with Gasteiger partial charge >= 0.3 is 6.09 Å². The number of phenolic OH excluding ortho intramolecular Hbond substituents is 1. The Bertz CT molecular complexity index is 926. The molecule has 35 heavy (non-hydrogen) atoms. The second-order valence-electron chi connectivity index (χ2n) is 9.32. The molecule has 2 rings (SSSR count). The van der Waals surface area contributed by atoms with Gasteiger partial charge in [0, 0.05) is 25.5 Å². The summed E-state index contributed by atoms with van der Waals surface area (Å²) < 4.78 is 16.8. The zero-order valence-electron chi connectivity index (χ0n) is 21.5. The smallest absolute Gasteiger partial charge is 0.405 e. The summed E-state index contributed by atoms with van der Waals surface area (Å²) in [5.74, 6) is 0.239. The Kier molecular flexibility index (Phi) is 11.3. The van der Waals surface area contributed by atoms with E-state index in [2.05, 4.69) is 12.2 Å². The van der Waals surface area contributed by atoms with Crippen LogP contribution in [0.25, 0.3) is 0 Å². The van der Waals surface area contributed by atoms with Gasteiger partial charge in [0.25, 0.3) is 5.91 Å². The van der Waals surface area contributed by atoms with Crippen LogP contribution in [-0.2, 0) is 25.4 Å². The highest BCUT2D eigenvalue weighted by Gasteiger charge is 2.26. The molecule has 2 amide bonds. The predicted octanol–water partition coefficient (Wildman–Crippen LogP) is 4.86. The maximum atomic E-state index is 12.7. The number of carbonyl (C=O) groups is 2. The van der Waals surface area contributed by atoms with Crippen LogP contribution in [0.5, 0.6) is 5.75 Å². The van der Waals surface area contributed by atoms with Crippen LogP contribution in [0.4, 0.5) is 10.5 Å². The maximum Gasteiger partial charge on any atom is 0.405 e. The van der Waals surface area contributed by atoms with Crippen molar-refractivity contribution in [1.29, 1.82) is 0 Å². The average Bonchev–Trinajstić information content (AvgIpc) is 2.81. The molecule has 4 atom stereocenters. The van der Waals surface area contributed by atoms with Crippen molar-refractivity contribution in [2.75, 3.05) is 19.5 Å². The van der Waals surface area contributed by atoms with Crippen LogP contribution >= 0.6 is 0 Å². The number of anilines is 1.